The van der Waals surface area contributed by atoms with E-state index in [0.29, 0.717) is 24.5 Å². The lowest BCUT2D eigenvalue weighted by Gasteiger charge is -2.52. The van der Waals surface area contributed by atoms with E-state index < -0.39 is 17.6 Å². The number of ether oxygens (including phenoxy) is 2. The van der Waals surface area contributed by atoms with Gasteiger partial charge in [0.25, 0.3) is 0 Å². The van der Waals surface area contributed by atoms with Crippen LogP contribution >= 0.6 is 0 Å². The molecule has 182 valence electrons. The van der Waals surface area contributed by atoms with Crippen LogP contribution in [0.1, 0.15) is 78.4 Å². The Balaban J connectivity index is 1.95. The van der Waals surface area contributed by atoms with Crippen LogP contribution in [0.2, 0.25) is 0 Å². The molecule has 1 fully saturated rings. The van der Waals surface area contributed by atoms with Crippen molar-refractivity contribution in [1.82, 2.24) is 4.90 Å². The summed E-state index contributed by atoms with van der Waals surface area (Å²) < 4.78 is 11.4. The number of nitrogens with zero attached hydrogens (tertiary/aromatic N) is 2. The average molecular weight is 459 g/mol. The molecule has 2 aliphatic rings. The molecule has 33 heavy (non-hydrogen) atoms. The largest absolute Gasteiger partial charge is 0.484 e. The molecule has 3 N–H and O–H groups in total. The van der Waals surface area contributed by atoms with E-state index in [2.05, 4.69) is 27.7 Å². The Bertz CT molecular complexity index is 960. The number of carbonyl (C=O) groups excluding carboxylic acids is 2. The monoisotopic (exact) mass is 458 g/mol. The molecule has 2 aliphatic heterocycles. The number of anilines is 1. The molecule has 0 unspecified atom stereocenters. The second kappa shape index (κ2) is 8.54. The van der Waals surface area contributed by atoms with Crippen molar-refractivity contribution in [3.8, 4) is 5.75 Å². The van der Waals surface area contributed by atoms with Crippen molar-refractivity contribution in [3.05, 3.63) is 23.3 Å². The lowest BCUT2D eigenvalue weighted by molar-refractivity contribution is -0.118. The first-order chi connectivity index (χ1) is 15.1. The molecule has 0 aromatic heterocycles. The van der Waals surface area contributed by atoms with E-state index in [-0.39, 0.29) is 35.8 Å². The number of rotatable bonds is 5. The highest BCUT2D eigenvalue weighted by Crippen LogP contribution is 2.48. The Kier molecular flexibility index (Phi) is 6.43. The molecule has 8 heteroatoms. The average Bonchev–Trinajstić information content (AvgIpc) is 2.67. The van der Waals surface area contributed by atoms with Crippen LogP contribution in [0, 0.1) is 10.8 Å². The first-order valence-electron chi connectivity index (χ1n) is 11.6. The lowest BCUT2D eigenvalue weighted by Crippen LogP contribution is -2.59. The minimum Gasteiger partial charge on any atom is -0.484 e. The van der Waals surface area contributed by atoms with E-state index in [1.807, 2.05) is 32.9 Å². The number of hydrogen-bond donors (Lipinski definition) is 2. The van der Waals surface area contributed by atoms with E-state index in [0.717, 1.165) is 5.56 Å². The summed E-state index contributed by atoms with van der Waals surface area (Å²) in [6.07, 6.45) is -0.287. The van der Waals surface area contributed by atoms with Crippen molar-refractivity contribution in [3.63, 3.8) is 0 Å². The van der Waals surface area contributed by atoms with Gasteiger partial charge >= 0.3 is 6.09 Å². The number of amidine groups is 1. The van der Waals surface area contributed by atoms with E-state index >= 15 is 0 Å². The second-order valence-corrected chi connectivity index (χ2v) is 11.0. The van der Waals surface area contributed by atoms with Crippen molar-refractivity contribution in [2.24, 2.45) is 11.1 Å². The van der Waals surface area contributed by atoms with Gasteiger partial charge in [-0.05, 0) is 62.8 Å². The van der Waals surface area contributed by atoms with Gasteiger partial charge in [-0.15, -0.1) is 0 Å². The van der Waals surface area contributed by atoms with E-state index in [9.17, 15) is 9.59 Å². The summed E-state index contributed by atoms with van der Waals surface area (Å²) in [5.74, 6) is 0.753. The summed E-state index contributed by atoms with van der Waals surface area (Å²) in [6.45, 7) is 17.3. The molecule has 2 atom stereocenters. The van der Waals surface area contributed by atoms with Gasteiger partial charge in [-0.25, -0.2) is 4.79 Å². The van der Waals surface area contributed by atoms with E-state index in [4.69, 9.17) is 20.6 Å². The van der Waals surface area contributed by atoms with Crippen LogP contribution in [0.4, 0.5) is 10.5 Å². The van der Waals surface area contributed by atoms with Gasteiger partial charge in [-0.3, -0.25) is 10.2 Å². The van der Waals surface area contributed by atoms with Crippen LogP contribution in [-0.2, 0) is 9.53 Å². The number of likely N-dealkylation sites (tertiary alicyclic amines) is 1. The van der Waals surface area contributed by atoms with Gasteiger partial charge in [0, 0.05) is 18.5 Å². The molecule has 2 amide bonds. The normalized spacial score (nSPS) is 19.4. The fourth-order valence-corrected chi connectivity index (χ4v) is 4.64. The molecule has 0 radical (unpaired) electrons. The molecule has 0 saturated carbocycles. The van der Waals surface area contributed by atoms with E-state index in [1.165, 1.54) is 5.56 Å². The molecule has 0 spiro atoms. The fourth-order valence-electron chi connectivity index (χ4n) is 4.64. The summed E-state index contributed by atoms with van der Waals surface area (Å²) in [5.41, 5.74) is 7.92. The molecule has 8 nitrogen and oxygen atoms in total. The van der Waals surface area contributed by atoms with Crippen LogP contribution in [0.5, 0.6) is 5.75 Å². The molecule has 0 bridgehead atoms. The second-order valence-electron chi connectivity index (χ2n) is 11.0. The van der Waals surface area contributed by atoms with Gasteiger partial charge in [0.15, 0.2) is 0 Å². The van der Waals surface area contributed by atoms with Crippen LogP contribution in [0.15, 0.2) is 12.1 Å². The fraction of sp³-hybridized carbons (Fsp3) is 0.640. The molecule has 1 aromatic carbocycles. The predicted octanol–water partition coefficient (Wildman–Crippen LogP) is 4.22. The third-order valence-corrected chi connectivity index (χ3v) is 6.77. The molecule has 2 heterocycles. The molecule has 1 saturated heterocycles. The number of amides is 2. The summed E-state index contributed by atoms with van der Waals surface area (Å²) >= 11 is 0. The summed E-state index contributed by atoms with van der Waals surface area (Å²) in [4.78, 5) is 27.9. The summed E-state index contributed by atoms with van der Waals surface area (Å²) in [7, 11) is 0. The van der Waals surface area contributed by atoms with Crippen LogP contribution in [0.25, 0.3) is 0 Å². The number of fused-ring (bicyclic) bond motifs is 1. The maximum atomic E-state index is 12.5. The Morgan fingerprint density at radius 2 is 1.76 bits per heavy atom. The first kappa shape index (κ1) is 24.9. The zero-order chi connectivity index (χ0) is 24.9. The third kappa shape index (κ3) is 4.80. The zero-order valence-corrected chi connectivity index (χ0v) is 21.1. The SMILES string of the molecule is CC(C)c1cc2c(cc1[C@@H](C)C1(C)CN(C(=O)OC(C)(C)C)C1)N([C@H](C)C(N)=O)C(=N)CO2. The Morgan fingerprint density at radius 1 is 1.15 bits per heavy atom. The standard InChI is InChI=1S/C25H38N4O4/c1-14(2)17-10-20-19(29(16(4)22(27)30)21(26)11-32-20)9-18(17)15(3)25(8)12-28(13-25)23(31)33-24(5,6)7/h9-10,14-16,26H,11-13H2,1-8H3,(H2,27,30)/t15-,16-/m1/s1. The number of carbonyl (C=O) groups is 2. The number of nitrogens with one attached hydrogen (secondary N) is 1. The Labute approximate surface area is 196 Å². The smallest absolute Gasteiger partial charge is 0.410 e. The number of hydrogen-bond acceptors (Lipinski definition) is 5. The highest BCUT2D eigenvalue weighted by atomic mass is 16.6. The van der Waals surface area contributed by atoms with Gasteiger partial charge in [0.05, 0.1) is 5.69 Å². The van der Waals surface area contributed by atoms with Crippen LogP contribution in [0.3, 0.4) is 0 Å². The van der Waals surface area contributed by atoms with Gasteiger partial charge in [-0.2, -0.15) is 0 Å². The highest BCUT2D eigenvalue weighted by Gasteiger charge is 2.47. The lowest BCUT2D eigenvalue weighted by atomic mass is 9.67. The molecular weight excluding hydrogens is 420 g/mol. The molecular formula is C25H38N4O4. The van der Waals surface area contributed by atoms with Crippen molar-refractivity contribution in [1.29, 1.82) is 5.41 Å². The quantitative estimate of drug-likeness (QED) is 0.687. The number of primary amides is 1. The van der Waals surface area contributed by atoms with Crippen LogP contribution < -0.4 is 15.4 Å². The third-order valence-electron chi connectivity index (χ3n) is 6.77. The number of benzene rings is 1. The van der Waals surface area contributed by atoms with Gasteiger partial charge in [-0.1, -0.05) is 27.7 Å². The zero-order valence-electron chi connectivity index (χ0n) is 21.1. The van der Waals surface area contributed by atoms with Gasteiger partial charge in [0.1, 0.15) is 29.8 Å². The van der Waals surface area contributed by atoms with Crippen molar-refractivity contribution >= 4 is 23.5 Å². The maximum absolute atomic E-state index is 12.5. The van der Waals surface area contributed by atoms with Crippen molar-refractivity contribution in [2.45, 2.75) is 78.9 Å². The van der Waals surface area contributed by atoms with Crippen molar-refractivity contribution < 1.29 is 19.1 Å². The Hall–Kier alpha value is -2.77. The topological polar surface area (TPSA) is 109 Å². The highest BCUT2D eigenvalue weighted by molar-refractivity contribution is 6.05. The maximum Gasteiger partial charge on any atom is 0.410 e. The number of nitrogens with two attached hydrogens (primary N) is 1. The van der Waals surface area contributed by atoms with Crippen LogP contribution in [-0.4, -0.2) is 54.1 Å². The molecule has 1 aromatic rings. The Morgan fingerprint density at radius 3 is 2.27 bits per heavy atom. The minimum atomic E-state index is -0.657. The molecule has 0 aliphatic carbocycles. The first-order valence-corrected chi connectivity index (χ1v) is 11.6. The van der Waals surface area contributed by atoms with Gasteiger partial charge < -0.3 is 25.0 Å². The van der Waals surface area contributed by atoms with Gasteiger partial charge in [0.2, 0.25) is 5.91 Å². The summed E-state index contributed by atoms with van der Waals surface area (Å²) in [6, 6.07) is 3.42. The predicted molar refractivity (Wildman–Crippen MR) is 129 cm³/mol. The summed E-state index contributed by atoms with van der Waals surface area (Å²) in [5, 5.41) is 8.37. The minimum absolute atomic E-state index is 0.0968. The van der Waals surface area contributed by atoms with Crippen molar-refractivity contribution in [2.75, 3.05) is 24.6 Å². The van der Waals surface area contributed by atoms with E-state index in [1.54, 1.807) is 16.7 Å². The molecule has 3 rings (SSSR count).